The quantitative estimate of drug-likeness (QED) is 0.133. The summed E-state index contributed by atoms with van der Waals surface area (Å²) in [6.45, 7) is 5.16. The number of hydrogen-bond donors (Lipinski definition) is 1. The highest BCUT2D eigenvalue weighted by molar-refractivity contribution is 6.21. The number of hydrogen-bond acceptors (Lipinski definition) is 9. The zero-order chi connectivity index (χ0) is 32.7. The van der Waals surface area contributed by atoms with Crippen LogP contribution in [0.2, 0.25) is 0 Å². The lowest BCUT2D eigenvalue weighted by Gasteiger charge is -2.14. The predicted octanol–water partition coefficient (Wildman–Crippen LogP) is 4.29. The average Bonchev–Trinajstić information content (AvgIpc) is 3.55. The minimum Gasteiger partial charge on any atom is -0.449 e. The molecule has 2 aliphatic rings. The number of carbonyl (C=O) groups is 3. The van der Waals surface area contributed by atoms with Gasteiger partial charge in [-0.15, -0.1) is 0 Å². The second-order valence-electron chi connectivity index (χ2n) is 11.0. The normalized spacial score (nSPS) is 13.5. The van der Waals surface area contributed by atoms with Gasteiger partial charge in [-0.2, -0.15) is 0 Å². The van der Waals surface area contributed by atoms with Crippen molar-refractivity contribution >= 4 is 17.9 Å². The van der Waals surface area contributed by atoms with E-state index in [2.05, 4.69) is 29.6 Å². The highest BCUT2D eigenvalue weighted by Crippen LogP contribution is 2.44. The number of imide groups is 1. The first-order valence-corrected chi connectivity index (χ1v) is 16.1. The summed E-state index contributed by atoms with van der Waals surface area (Å²) >= 11 is 0. The molecule has 0 saturated carbocycles. The van der Waals surface area contributed by atoms with Crippen molar-refractivity contribution in [2.45, 2.75) is 12.3 Å². The Morgan fingerprint density at radius 2 is 1.00 bits per heavy atom. The molecule has 0 bridgehead atoms. The molecule has 1 aliphatic heterocycles. The Kier molecular flexibility index (Phi) is 13.3. The van der Waals surface area contributed by atoms with Crippen molar-refractivity contribution < 1.29 is 42.8 Å². The maximum atomic E-state index is 12.3. The number of amides is 3. The molecular formula is C36H42N2O9. The Bertz CT molecular complexity index is 1400. The second-order valence-corrected chi connectivity index (χ2v) is 11.0. The summed E-state index contributed by atoms with van der Waals surface area (Å²) in [5, 5.41) is 2.79. The van der Waals surface area contributed by atoms with Crippen molar-refractivity contribution in [2.75, 3.05) is 85.8 Å². The first kappa shape index (κ1) is 34.2. The number of nitrogens with zero attached hydrogens (tertiary/aromatic N) is 1. The maximum absolute atomic E-state index is 12.3. The van der Waals surface area contributed by atoms with Crippen LogP contribution in [0.15, 0.2) is 72.8 Å². The zero-order valence-corrected chi connectivity index (χ0v) is 26.5. The summed E-state index contributed by atoms with van der Waals surface area (Å²) in [5.74, 6) is -0.518. The number of rotatable bonds is 21. The fraction of sp³-hybridized carbons (Fsp3) is 0.417. The molecule has 11 nitrogen and oxygen atoms in total. The fourth-order valence-corrected chi connectivity index (χ4v) is 5.59. The number of benzene rings is 3. The van der Waals surface area contributed by atoms with E-state index in [0.717, 1.165) is 0 Å². The summed E-state index contributed by atoms with van der Waals surface area (Å²) in [6.07, 6.45) is 0.247. The lowest BCUT2D eigenvalue weighted by molar-refractivity contribution is -0.0118. The van der Waals surface area contributed by atoms with Gasteiger partial charge in [0.25, 0.3) is 11.8 Å². The Labute approximate surface area is 275 Å². The van der Waals surface area contributed by atoms with Crippen LogP contribution < -0.4 is 5.32 Å². The Morgan fingerprint density at radius 3 is 1.51 bits per heavy atom. The van der Waals surface area contributed by atoms with Crippen molar-refractivity contribution in [3.63, 3.8) is 0 Å². The van der Waals surface area contributed by atoms with Crippen LogP contribution in [0.5, 0.6) is 0 Å². The zero-order valence-electron chi connectivity index (χ0n) is 26.5. The van der Waals surface area contributed by atoms with Crippen LogP contribution >= 0.6 is 0 Å². The van der Waals surface area contributed by atoms with Crippen LogP contribution in [-0.4, -0.2) is 109 Å². The van der Waals surface area contributed by atoms with E-state index in [1.165, 1.54) is 27.2 Å². The van der Waals surface area contributed by atoms with Crippen molar-refractivity contribution in [3.8, 4) is 11.1 Å². The molecule has 5 rings (SSSR count). The lowest BCUT2D eigenvalue weighted by atomic mass is 9.98. The topological polar surface area (TPSA) is 122 Å². The van der Waals surface area contributed by atoms with Crippen molar-refractivity contribution in [1.29, 1.82) is 0 Å². The summed E-state index contributed by atoms with van der Waals surface area (Å²) in [7, 11) is 0. The molecule has 1 N–H and O–H groups in total. The van der Waals surface area contributed by atoms with Gasteiger partial charge in [0, 0.05) is 19.1 Å². The van der Waals surface area contributed by atoms with E-state index in [1.54, 1.807) is 24.3 Å². The van der Waals surface area contributed by atoms with E-state index < -0.39 is 6.09 Å². The third kappa shape index (κ3) is 9.46. The number of ether oxygens (including phenoxy) is 6. The molecule has 3 amide bonds. The fourth-order valence-electron chi connectivity index (χ4n) is 5.59. The van der Waals surface area contributed by atoms with Crippen LogP contribution in [-0.2, 0) is 28.4 Å². The predicted molar refractivity (Wildman–Crippen MR) is 174 cm³/mol. The van der Waals surface area contributed by atoms with E-state index >= 15 is 0 Å². The van der Waals surface area contributed by atoms with E-state index in [-0.39, 0.29) is 30.9 Å². The Hall–Kier alpha value is -4.13. The molecule has 3 aromatic rings. The van der Waals surface area contributed by atoms with Crippen LogP contribution in [0.3, 0.4) is 0 Å². The summed E-state index contributed by atoms with van der Waals surface area (Å²) in [5.41, 5.74) is 5.66. The van der Waals surface area contributed by atoms with Crippen molar-refractivity contribution in [2.24, 2.45) is 0 Å². The minimum atomic E-state index is -0.425. The standard InChI is InChI=1S/C36H42N2O9/c39-34-31-12-5-6-13-32(31)35(40)38(34)15-17-43-19-21-45-23-25-46-24-22-44-20-18-42-16-7-14-37-36(41)47-26-33-29-10-3-1-8-27(29)28-9-2-4-11-30(28)33/h1-6,8-13,33H,7,14-26H2,(H,37,41). The van der Waals surface area contributed by atoms with Crippen LogP contribution in [0.25, 0.3) is 11.1 Å². The van der Waals surface area contributed by atoms with Gasteiger partial charge in [-0.05, 0) is 40.8 Å². The molecule has 47 heavy (non-hydrogen) atoms. The SMILES string of the molecule is O=C(NCCCOCCOCCOCCOCCOCCN1C(=O)c2ccccc2C1=O)OCC1c2ccccc2-c2ccccc21. The third-order valence-electron chi connectivity index (χ3n) is 7.90. The van der Waals surface area contributed by atoms with Gasteiger partial charge in [0.2, 0.25) is 0 Å². The summed E-state index contributed by atoms with van der Waals surface area (Å²) in [4.78, 5) is 38.1. The molecule has 11 heteroatoms. The van der Waals surface area contributed by atoms with Gasteiger partial charge in [0.15, 0.2) is 0 Å². The van der Waals surface area contributed by atoms with Gasteiger partial charge in [0.1, 0.15) is 6.61 Å². The first-order valence-electron chi connectivity index (χ1n) is 16.1. The number of carbonyl (C=O) groups excluding carboxylic acids is 3. The van der Waals surface area contributed by atoms with E-state index in [0.29, 0.717) is 90.2 Å². The molecule has 3 aromatic carbocycles. The van der Waals surface area contributed by atoms with Crippen molar-refractivity contribution in [1.82, 2.24) is 10.2 Å². The molecule has 250 valence electrons. The van der Waals surface area contributed by atoms with Crippen LogP contribution in [0.1, 0.15) is 44.2 Å². The van der Waals surface area contributed by atoms with E-state index in [1.807, 2.05) is 24.3 Å². The van der Waals surface area contributed by atoms with Gasteiger partial charge < -0.3 is 33.7 Å². The lowest BCUT2D eigenvalue weighted by Crippen LogP contribution is -2.33. The second kappa shape index (κ2) is 18.3. The van der Waals surface area contributed by atoms with Gasteiger partial charge in [0.05, 0.1) is 77.1 Å². The average molecular weight is 647 g/mol. The van der Waals surface area contributed by atoms with E-state index in [4.69, 9.17) is 28.4 Å². The molecule has 0 saturated heterocycles. The van der Waals surface area contributed by atoms with Gasteiger partial charge in [-0.25, -0.2) is 4.79 Å². The Balaban J connectivity index is 0.772. The minimum absolute atomic E-state index is 0.0431. The smallest absolute Gasteiger partial charge is 0.407 e. The molecule has 1 aliphatic carbocycles. The monoisotopic (exact) mass is 646 g/mol. The number of nitrogens with one attached hydrogen (secondary N) is 1. The van der Waals surface area contributed by atoms with Gasteiger partial charge >= 0.3 is 6.09 Å². The van der Waals surface area contributed by atoms with Gasteiger partial charge in [-0.1, -0.05) is 60.7 Å². The van der Waals surface area contributed by atoms with Crippen molar-refractivity contribution in [3.05, 3.63) is 95.1 Å². The van der Waals surface area contributed by atoms with Crippen LogP contribution in [0, 0.1) is 0 Å². The largest absolute Gasteiger partial charge is 0.449 e. The van der Waals surface area contributed by atoms with Crippen LogP contribution in [0.4, 0.5) is 4.79 Å². The van der Waals surface area contributed by atoms with Gasteiger partial charge in [-0.3, -0.25) is 14.5 Å². The number of fused-ring (bicyclic) bond motifs is 4. The highest BCUT2D eigenvalue weighted by atomic mass is 16.6. The maximum Gasteiger partial charge on any atom is 0.407 e. The van der Waals surface area contributed by atoms with E-state index in [9.17, 15) is 14.4 Å². The molecule has 1 heterocycles. The molecule has 0 fully saturated rings. The molecule has 0 radical (unpaired) electrons. The Morgan fingerprint density at radius 1 is 0.574 bits per heavy atom. The summed E-state index contributed by atoms with van der Waals surface area (Å²) in [6, 6.07) is 23.3. The molecule has 0 aromatic heterocycles. The number of alkyl carbamates (subject to hydrolysis) is 1. The molecule has 0 spiro atoms. The first-order chi connectivity index (χ1) is 23.1. The molecule has 0 unspecified atom stereocenters. The highest BCUT2D eigenvalue weighted by Gasteiger charge is 2.34. The third-order valence-corrected chi connectivity index (χ3v) is 7.90. The molecule has 0 atom stereocenters. The summed E-state index contributed by atoms with van der Waals surface area (Å²) < 4.78 is 33.1. The molecular weight excluding hydrogens is 604 g/mol.